The minimum atomic E-state index is -2.55. The molecule has 0 saturated heterocycles. The molecule has 1 heterocycles. The minimum Gasteiger partial charge on any atom is -0.392 e. The van der Waals surface area contributed by atoms with Crippen molar-refractivity contribution >= 4 is 0 Å². The van der Waals surface area contributed by atoms with E-state index in [0.29, 0.717) is 18.7 Å². The molecule has 0 radical (unpaired) electrons. The molecule has 1 fully saturated rings. The van der Waals surface area contributed by atoms with Crippen LogP contribution < -0.4 is 0 Å². The molecule has 1 unspecified atom stereocenters. The molecule has 5 nitrogen and oxygen atoms in total. The fourth-order valence-electron chi connectivity index (χ4n) is 2.21. The molecule has 1 atom stereocenters. The van der Waals surface area contributed by atoms with Crippen LogP contribution in [0.1, 0.15) is 31.5 Å². The normalized spacial score (nSPS) is 22.6. The molecule has 1 aliphatic rings. The topological polar surface area (TPSA) is 63.8 Å². The molecule has 0 spiro atoms. The fraction of sp³-hybridized carbons (Fsp3) is 0.900. The second-order valence-corrected chi connectivity index (χ2v) is 4.66. The number of aryl methyl sites for hydroxylation is 1. The molecule has 1 N–H and O–H groups in total. The van der Waals surface area contributed by atoms with E-state index in [9.17, 15) is 13.9 Å². The maximum atomic E-state index is 13.0. The Labute approximate surface area is 97.8 Å². The van der Waals surface area contributed by atoms with E-state index in [-0.39, 0.29) is 25.2 Å². The number of alkyl halides is 2. The lowest BCUT2D eigenvalue weighted by molar-refractivity contribution is -0.0621. The van der Waals surface area contributed by atoms with Crippen molar-refractivity contribution in [2.45, 2.75) is 44.1 Å². The largest absolute Gasteiger partial charge is 0.392 e. The van der Waals surface area contributed by atoms with Gasteiger partial charge in [0.1, 0.15) is 0 Å². The zero-order valence-electron chi connectivity index (χ0n) is 9.68. The lowest BCUT2D eigenvalue weighted by Gasteiger charge is -2.30. The van der Waals surface area contributed by atoms with E-state index in [4.69, 9.17) is 0 Å². The Hall–Kier alpha value is -1.11. The van der Waals surface area contributed by atoms with Crippen LogP contribution in [0, 0.1) is 5.92 Å². The standard InChI is InChI=1S/C10H16F2N4O/c1-16-14-9(13-15-16)6-8(17)7-2-4-10(11,12)5-3-7/h7-8,17H,2-6H2,1H3. The quantitative estimate of drug-likeness (QED) is 0.862. The SMILES string of the molecule is Cn1nnc(CC(O)C2CCC(F)(F)CC2)n1. The third kappa shape index (κ3) is 3.18. The zero-order valence-corrected chi connectivity index (χ0v) is 9.68. The van der Waals surface area contributed by atoms with Crippen LogP contribution >= 0.6 is 0 Å². The average molecular weight is 246 g/mol. The van der Waals surface area contributed by atoms with Gasteiger partial charge in [-0.3, -0.25) is 0 Å². The van der Waals surface area contributed by atoms with Crippen molar-refractivity contribution in [3.8, 4) is 0 Å². The fourth-order valence-corrected chi connectivity index (χ4v) is 2.21. The van der Waals surface area contributed by atoms with Crippen LogP contribution in [0.5, 0.6) is 0 Å². The second kappa shape index (κ2) is 4.64. The molecule has 0 aromatic carbocycles. The van der Waals surface area contributed by atoms with Gasteiger partial charge in [0.2, 0.25) is 5.92 Å². The zero-order chi connectivity index (χ0) is 12.5. The Morgan fingerprint density at radius 2 is 2.12 bits per heavy atom. The van der Waals surface area contributed by atoms with Crippen molar-refractivity contribution in [1.29, 1.82) is 0 Å². The lowest BCUT2D eigenvalue weighted by Crippen LogP contribution is -2.32. The highest BCUT2D eigenvalue weighted by molar-refractivity contribution is 4.87. The third-order valence-electron chi connectivity index (χ3n) is 3.25. The molecular formula is C10H16F2N4O. The summed E-state index contributed by atoms with van der Waals surface area (Å²) in [7, 11) is 1.64. The summed E-state index contributed by atoms with van der Waals surface area (Å²) in [4.78, 5) is 1.32. The van der Waals surface area contributed by atoms with Gasteiger partial charge in [-0.2, -0.15) is 4.80 Å². The van der Waals surface area contributed by atoms with Crippen molar-refractivity contribution in [2.75, 3.05) is 0 Å². The van der Waals surface area contributed by atoms with Crippen molar-refractivity contribution in [2.24, 2.45) is 13.0 Å². The minimum absolute atomic E-state index is 0.0848. The Bertz CT molecular complexity index is 372. The smallest absolute Gasteiger partial charge is 0.248 e. The number of aliphatic hydroxyl groups is 1. The number of halogens is 2. The van der Waals surface area contributed by atoms with Crippen LogP contribution in [0.15, 0.2) is 0 Å². The molecular weight excluding hydrogens is 230 g/mol. The van der Waals surface area contributed by atoms with E-state index in [0.717, 1.165) is 0 Å². The molecule has 1 aromatic rings. The monoisotopic (exact) mass is 246 g/mol. The number of nitrogens with zero attached hydrogens (tertiary/aromatic N) is 4. The Morgan fingerprint density at radius 1 is 1.47 bits per heavy atom. The van der Waals surface area contributed by atoms with Crippen LogP contribution in [-0.2, 0) is 13.5 Å². The first kappa shape index (κ1) is 12.3. The van der Waals surface area contributed by atoms with Crippen LogP contribution in [-0.4, -0.2) is 37.3 Å². The number of rotatable bonds is 3. The van der Waals surface area contributed by atoms with Crippen LogP contribution in [0.2, 0.25) is 0 Å². The van der Waals surface area contributed by atoms with Crippen LogP contribution in [0.3, 0.4) is 0 Å². The highest BCUT2D eigenvalue weighted by Crippen LogP contribution is 2.37. The van der Waals surface area contributed by atoms with Crippen LogP contribution in [0.4, 0.5) is 8.78 Å². The first-order valence-corrected chi connectivity index (χ1v) is 5.75. The maximum absolute atomic E-state index is 13.0. The second-order valence-electron chi connectivity index (χ2n) is 4.66. The Kier molecular flexibility index (Phi) is 3.37. The summed E-state index contributed by atoms with van der Waals surface area (Å²) in [5.41, 5.74) is 0. The number of aromatic nitrogens is 4. The molecule has 1 aliphatic carbocycles. The van der Waals surface area contributed by atoms with Gasteiger partial charge in [0.25, 0.3) is 0 Å². The number of hydrogen-bond acceptors (Lipinski definition) is 4. The molecule has 1 saturated carbocycles. The number of tetrazole rings is 1. The maximum Gasteiger partial charge on any atom is 0.248 e. The van der Waals surface area contributed by atoms with E-state index < -0.39 is 12.0 Å². The summed E-state index contributed by atoms with van der Waals surface area (Å²) < 4.78 is 25.9. The molecule has 17 heavy (non-hydrogen) atoms. The van der Waals surface area contributed by atoms with Gasteiger partial charge in [-0.05, 0) is 24.0 Å². The first-order chi connectivity index (χ1) is 7.96. The van der Waals surface area contributed by atoms with Gasteiger partial charge in [0.05, 0.1) is 13.2 Å². The van der Waals surface area contributed by atoms with Crippen molar-refractivity contribution in [1.82, 2.24) is 20.2 Å². The predicted octanol–water partition coefficient (Wildman–Crippen LogP) is 0.939. The van der Waals surface area contributed by atoms with E-state index in [2.05, 4.69) is 15.4 Å². The van der Waals surface area contributed by atoms with E-state index >= 15 is 0 Å². The van der Waals surface area contributed by atoms with Gasteiger partial charge in [0.15, 0.2) is 5.82 Å². The number of hydrogen-bond donors (Lipinski definition) is 1. The summed E-state index contributed by atoms with van der Waals surface area (Å²) in [5.74, 6) is -2.18. The van der Waals surface area contributed by atoms with Crippen molar-refractivity contribution in [3.63, 3.8) is 0 Å². The molecule has 2 rings (SSSR count). The van der Waals surface area contributed by atoms with Crippen molar-refractivity contribution in [3.05, 3.63) is 5.82 Å². The summed E-state index contributed by atoms with van der Waals surface area (Å²) >= 11 is 0. The molecule has 96 valence electrons. The van der Waals surface area contributed by atoms with Gasteiger partial charge >= 0.3 is 0 Å². The highest BCUT2D eigenvalue weighted by Gasteiger charge is 2.37. The van der Waals surface area contributed by atoms with Gasteiger partial charge in [-0.25, -0.2) is 8.78 Å². The summed E-state index contributed by atoms with van der Waals surface area (Å²) in [5, 5.41) is 21.3. The van der Waals surface area contributed by atoms with Crippen molar-refractivity contribution < 1.29 is 13.9 Å². The summed E-state index contributed by atoms with van der Waals surface area (Å²) in [6.45, 7) is 0. The first-order valence-electron chi connectivity index (χ1n) is 5.75. The molecule has 1 aromatic heterocycles. The lowest BCUT2D eigenvalue weighted by atomic mass is 9.82. The Balaban J connectivity index is 1.87. The molecule has 0 amide bonds. The molecule has 7 heteroatoms. The molecule has 0 aliphatic heterocycles. The summed E-state index contributed by atoms with van der Waals surface area (Å²) in [6.07, 6.45) is 0.0633. The average Bonchev–Trinajstić information content (AvgIpc) is 2.63. The van der Waals surface area contributed by atoms with Gasteiger partial charge in [-0.1, -0.05) is 0 Å². The summed E-state index contributed by atoms with van der Waals surface area (Å²) in [6, 6.07) is 0. The van der Waals surface area contributed by atoms with E-state index in [1.54, 1.807) is 7.05 Å². The number of aliphatic hydroxyl groups excluding tert-OH is 1. The van der Waals surface area contributed by atoms with Gasteiger partial charge < -0.3 is 5.11 Å². The third-order valence-corrected chi connectivity index (χ3v) is 3.25. The van der Waals surface area contributed by atoms with Gasteiger partial charge in [-0.15, -0.1) is 10.2 Å². The van der Waals surface area contributed by atoms with Gasteiger partial charge in [0, 0.05) is 19.3 Å². The van der Waals surface area contributed by atoms with E-state index in [1.807, 2.05) is 0 Å². The van der Waals surface area contributed by atoms with Crippen LogP contribution in [0.25, 0.3) is 0 Å². The molecule has 0 bridgehead atoms. The highest BCUT2D eigenvalue weighted by atomic mass is 19.3. The predicted molar refractivity (Wildman–Crippen MR) is 55.4 cm³/mol. The van der Waals surface area contributed by atoms with E-state index in [1.165, 1.54) is 4.80 Å². The Morgan fingerprint density at radius 3 is 2.65 bits per heavy atom.